The van der Waals surface area contributed by atoms with Crippen LogP contribution in [0.3, 0.4) is 0 Å². The molecule has 0 aromatic carbocycles. The van der Waals surface area contributed by atoms with E-state index in [9.17, 15) is 4.79 Å². The second kappa shape index (κ2) is 5.42. The van der Waals surface area contributed by atoms with Crippen LogP contribution < -0.4 is 5.32 Å². The maximum atomic E-state index is 11.9. The van der Waals surface area contributed by atoms with E-state index in [0.717, 1.165) is 0 Å². The monoisotopic (exact) mass is 239 g/mol. The van der Waals surface area contributed by atoms with Crippen molar-refractivity contribution in [1.82, 2.24) is 15.1 Å². The molecule has 1 aromatic heterocycles. The first-order chi connectivity index (χ1) is 7.60. The first-order valence-electron chi connectivity index (χ1n) is 4.75. The fourth-order valence-corrected chi connectivity index (χ4v) is 1.71. The predicted molar refractivity (Wildman–Crippen MR) is 61.2 cm³/mol. The molecule has 0 aliphatic rings. The molecular weight excluding hydrogens is 226 g/mol. The summed E-state index contributed by atoms with van der Waals surface area (Å²) in [4.78, 5) is 13.4. The lowest BCUT2D eigenvalue weighted by atomic mass is 10.2. The summed E-state index contributed by atoms with van der Waals surface area (Å²) < 4.78 is 0. The van der Waals surface area contributed by atoms with Crippen LogP contribution in [0.25, 0.3) is 0 Å². The highest BCUT2D eigenvalue weighted by Crippen LogP contribution is 2.16. The van der Waals surface area contributed by atoms with Crippen molar-refractivity contribution in [2.45, 2.75) is 19.4 Å². The lowest BCUT2D eigenvalue weighted by molar-refractivity contribution is 0.0745. The molecule has 1 atom stereocenters. The Morgan fingerprint density at radius 1 is 1.69 bits per heavy atom. The molecule has 16 heavy (non-hydrogen) atoms. The molecule has 0 saturated carbocycles. The van der Waals surface area contributed by atoms with Gasteiger partial charge in [-0.1, -0.05) is 11.3 Å². The first kappa shape index (κ1) is 12.4. The van der Waals surface area contributed by atoms with Crippen LogP contribution in [0.1, 0.15) is 23.1 Å². The number of hydrogen-bond acceptors (Lipinski definition) is 6. The van der Waals surface area contributed by atoms with Crippen molar-refractivity contribution in [3.8, 4) is 6.07 Å². The standard InChI is InChI=1S/C9H13N5OS/c1-6(4-5-10)14(3)8(15)7-12-13-9(11-2)16-7/h6H,4H2,1-3H3,(H,11,13). The third-order valence-electron chi connectivity index (χ3n) is 2.19. The van der Waals surface area contributed by atoms with E-state index >= 15 is 0 Å². The van der Waals surface area contributed by atoms with Gasteiger partial charge in [-0.2, -0.15) is 5.26 Å². The molecule has 0 saturated heterocycles. The maximum Gasteiger partial charge on any atom is 0.284 e. The van der Waals surface area contributed by atoms with Crippen LogP contribution in [0.4, 0.5) is 5.13 Å². The van der Waals surface area contributed by atoms with Gasteiger partial charge in [-0.3, -0.25) is 4.79 Å². The molecule has 1 aromatic rings. The zero-order chi connectivity index (χ0) is 12.1. The molecule has 0 radical (unpaired) electrons. The number of carbonyl (C=O) groups is 1. The van der Waals surface area contributed by atoms with Crippen molar-refractivity contribution in [3.05, 3.63) is 5.01 Å². The summed E-state index contributed by atoms with van der Waals surface area (Å²) in [5.74, 6) is -0.207. The molecule has 1 rings (SSSR count). The molecule has 0 aliphatic heterocycles. The Bertz CT molecular complexity index is 410. The van der Waals surface area contributed by atoms with Gasteiger partial charge in [0.15, 0.2) is 0 Å². The fourth-order valence-electron chi connectivity index (χ4n) is 1.03. The summed E-state index contributed by atoms with van der Waals surface area (Å²) in [6.45, 7) is 1.82. The van der Waals surface area contributed by atoms with E-state index in [0.29, 0.717) is 16.6 Å². The Balaban J connectivity index is 2.74. The van der Waals surface area contributed by atoms with Gasteiger partial charge in [0.2, 0.25) is 10.1 Å². The molecule has 0 fully saturated rings. The zero-order valence-corrected chi connectivity index (χ0v) is 10.2. The third-order valence-corrected chi connectivity index (χ3v) is 3.12. The summed E-state index contributed by atoms with van der Waals surface area (Å²) in [5.41, 5.74) is 0. The molecule has 86 valence electrons. The normalized spacial score (nSPS) is 11.6. The quantitative estimate of drug-likeness (QED) is 0.846. The number of nitrogens with zero attached hydrogens (tertiary/aromatic N) is 4. The average Bonchev–Trinajstić information content (AvgIpc) is 2.75. The summed E-state index contributed by atoms with van der Waals surface area (Å²) in [5, 5.41) is 19.9. The van der Waals surface area contributed by atoms with Gasteiger partial charge >= 0.3 is 0 Å². The number of nitriles is 1. The topological polar surface area (TPSA) is 81.9 Å². The predicted octanol–water partition coefficient (Wildman–Crippen LogP) is 0.954. The van der Waals surface area contributed by atoms with Gasteiger partial charge in [-0.05, 0) is 6.92 Å². The molecule has 6 nitrogen and oxygen atoms in total. The highest BCUT2D eigenvalue weighted by atomic mass is 32.1. The molecule has 0 bridgehead atoms. The largest absolute Gasteiger partial charge is 0.363 e. The number of nitrogens with one attached hydrogen (secondary N) is 1. The first-order valence-corrected chi connectivity index (χ1v) is 5.57. The Kier molecular flexibility index (Phi) is 4.19. The van der Waals surface area contributed by atoms with Gasteiger partial charge in [-0.15, -0.1) is 10.2 Å². The lowest BCUT2D eigenvalue weighted by Gasteiger charge is -2.21. The number of aromatic nitrogens is 2. The van der Waals surface area contributed by atoms with Crippen LogP contribution in [0.2, 0.25) is 0 Å². The smallest absolute Gasteiger partial charge is 0.284 e. The van der Waals surface area contributed by atoms with Gasteiger partial charge < -0.3 is 10.2 Å². The zero-order valence-electron chi connectivity index (χ0n) is 9.39. The Labute approximate surface area is 97.9 Å². The van der Waals surface area contributed by atoms with Gasteiger partial charge in [0.25, 0.3) is 5.91 Å². The van der Waals surface area contributed by atoms with Gasteiger partial charge in [0, 0.05) is 20.1 Å². The molecule has 1 N–H and O–H groups in total. The summed E-state index contributed by atoms with van der Waals surface area (Å²) in [6.07, 6.45) is 0.305. The molecule has 1 amide bonds. The average molecular weight is 239 g/mol. The van der Waals surface area contributed by atoms with Gasteiger partial charge in [0.1, 0.15) is 0 Å². The van der Waals surface area contributed by atoms with Crippen LogP contribution in [0.5, 0.6) is 0 Å². The van der Waals surface area contributed by atoms with Crippen LogP contribution >= 0.6 is 11.3 Å². The van der Waals surface area contributed by atoms with E-state index in [1.54, 1.807) is 14.1 Å². The van der Waals surface area contributed by atoms with E-state index in [1.165, 1.54) is 16.2 Å². The highest BCUT2D eigenvalue weighted by molar-refractivity contribution is 7.17. The number of amides is 1. The summed E-state index contributed by atoms with van der Waals surface area (Å²) in [7, 11) is 3.38. The van der Waals surface area contributed by atoms with Gasteiger partial charge in [-0.25, -0.2) is 0 Å². The van der Waals surface area contributed by atoms with Crippen molar-refractivity contribution in [3.63, 3.8) is 0 Å². The number of rotatable bonds is 4. The molecular formula is C9H13N5OS. The number of carbonyl (C=O) groups excluding carboxylic acids is 1. The van der Waals surface area contributed by atoms with Crippen molar-refractivity contribution >= 4 is 22.4 Å². The fraction of sp³-hybridized carbons (Fsp3) is 0.556. The van der Waals surface area contributed by atoms with Crippen LogP contribution in [0, 0.1) is 11.3 Å². The third kappa shape index (κ3) is 2.67. The van der Waals surface area contributed by atoms with E-state index in [-0.39, 0.29) is 11.9 Å². The second-order valence-electron chi connectivity index (χ2n) is 3.29. The highest BCUT2D eigenvalue weighted by Gasteiger charge is 2.20. The Hall–Kier alpha value is -1.68. The van der Waals surface area contributed by atoms with Crippen molar-refractivity contribution in [2.75, 3.05) is 19.4 Å². The van der Waals surface area contributed by atoms with Crippen molar-refractivity contribution in [2.24, 2.45) is 0 Å². The molecule has 0 spiro atoms. The van der Waals surface area contributed by atoms with Crippen molar-refractivity contribution < 1.29 is 4.79 Å². The van der Waals surface area contributed by atoms with E-state index < -0.39 is 0 Å². The van der Waals surface area contributed by atoms with E-state index in [4.69, 9.17) is 5.26 Å². The molecule has 7 heteroatoms. The number of anilines is 1. The van der Waals surface area contributed by atoms with E-state index in [1.807, 2.05) is 13.0 Å². The Morgan fingerprint density at radius 2 is 2.38 bits per heavy atom. The van der Waals surface area contributed by atoms with E-state index in [2.05, 4.69) is 15.5 Å². The maximum absolute atomic E-state index is 11.9. The number of hydrogen-bond donors (Lipinski definition) is 1. The van der Waals surface area contributed by atoms with Crippen LogP contribution in [-0.2, 0) is 0 Å². The lowest BCUT2D eigenvalue weighted by Crippen LogP contribution is -2.34. The molecule has 0 aliphatic carbocycles. The van der Waals surface area contributed by atoms with Crippen LogP contribution in [-0.4, -0.2) is 41.1 Å². The Morgan fingerprint density at radius 3 is 2.88 bits per heavy atom. The summed E-state index contributed by atoms with van der Waals surface area (Å²) in [6, 6.07) is 1.91. The minimum atomic E-state index is -0.207. The minimum absolute atomic E-state index is 0.126. The molecule has 1 unspecified atom stereocenters. The minimum Gasteiger partial charge on any atom is -0.363 e. The summed E-state index contributed by atoms with van der Waals surface area (Å²) >= 11 is 1.20. The van der Waals surface area contributed by atoms with Crippen LogP contribution in [0.15, 0.2) is 0 Å². The second-order valence-corrected chi connectivity index (χ2v) is 4.27. The SMILES string of the molecule is CNc1nnc(C(=O)N(C)C(C)CC#N)s1. The van der Waals surface area contributed by atoms with Crippen molar-refractivity contribution in [1.29, 1.82) is 5.26 Å². The molecule has 1 heterocycles. The van der Waals surface area contributed by atoms with Gasteiger partial charge in [0.05, 0.1) is 12.5 Å².